The average Bonchev–Trinajstić information content (AvgIpc) is 3.22. The predicted molar refractivity (Wildman–Crippen MR) is 107 cm³/mol. The van der Waals surface area contributed by atoms with Crippen molar-refractivity contribution in [1.82, 2.24) is 9.97 Å². The molecule has 6 nitrogen and oxygen atoms in total. The van der Waals surface area contributed by atoms with E-state index in [0.29, 0.717) is 5.56 Å². The molecule has 2 atom stereocenters. The molecule has 1 saturated carbocycles. The van der Waals surface area contributed by atoms with Crippen molar-refractivity contribution >= 4 is 22.7 Å². The SMILES string of the molecule is N#C[C@@H]1CCC[C@@H](Nc2c(C(=O)OCc3ccccc3)cnc3[nH]ccc23)C1. The van der Waals surface area contributed by atoms with E-state index in [4.69, 9.17) is 4.74 Å². The molecule has 0 bridgehead atoms. The van der Waals surface area contributed by atoms with Crippen molar-refractivity contribution in [2.45, 2.75) is 38.3 Å². The summed E-state index contributed by atoms with van der Waals surface area (Å²) >= 11 is 0. The highest BCUT2D eigenvalue weighted by atomic mass is 16.5. The lowest BCUT2D eigenvalue weighted by molar-refractivity contribution is 0.0473. The number of aromatic nitrogens is 2. The minimum absolute atomic E-state index is 0.0586. The van der Waals surface area contributed by atoms with Crippen LogP contribution in [0, 0.1) is 17.2 Å². The first-order valence-electron chi connectivity index (χ1n) is 9.58. The van der Waals surface area contributed by atoms with Crippen molar-refractivity contribution in [2.75, 3.05) is 5.32 Å². The number of H-pyrrole nitrogens is 1. The summed E-state index contributed by atoms with van der Waals surface area (Å²) in [6.45, 7) is 0.213. The number of ether oxygens (including phenoxy) is 1. The number of carbonyl (C=O) groups excluding carboxylic acids is 1. The normalized spacial score (nSPS) is 19.1. The summed E-state index contributed by atoms with van der Waals surface area (Å²) in [4.78, 5) is 20.2. The van der Waals surface area contributed by atoms with Gasteiger partial charge in [-0.05, 0) is 30.9 Å². The van der Waals surface area contributed by atoms with Gasteiger partial charge in [-0.1, -0.05) is 36.8 Å². The second kappa shape index (κ2) is 8.13. The van der Waals surface area contributed by atoms with Gasteiger partial charge in [0.15, 0.2) is 0 Å². The van der Waals surface area contributed by atoms with Crippen LogP contribution in [-0.4, -0.2) is 22.0 Å². The molecule has 2 heterocycles. The fourth-order valence-corrected chi connectivity index (χ4v) is 3.76. The average molecular weight is 374 g/mol. The molecule has 28 heavy (non-hydrogen) atoms. The number of pyridine rings is 1. The number of hydrogen-bond donors (Lipinski definition) is 2. The van der Waals surface area contributed by atoms with Gasteiger partial charge in [-0.3, -0.25) is 0 Å². The highest BCUT2D eigenvalue weighted by Gasteiger charge is 2.25. The summed E-state index contributed by atoms with van der Waals surface area (Å²) in [6.07, 6.45) is 7.07. The first-order chi connectivity index (χ1) is 13.7. The molecule has 2 N–H and O–H groups in total. The van der Waals surface area contributed by atoms with Gasteiger partial charge in [-0.2, -0.15) is 5.26 Å². The first kappa shape index (κ1) is 18.1. The Labute approximate surface area is 163 Å². The topological polar surface area (TPSA) is 90.8 Å². The molecule has 1 aliphatic carbocycles. The summed E-state index contributed by atoms with van der Waals surface area (Å²) in [5.41, 5.74) is 2.80. The van der Waals surface area contributed by atoms with E-state index in [1.54, 1.807) is 12.4 Å². The van der Waals surface area contributed by atoms with Crippen LogP contribution in [0.3, 0.4) is 0 Å². The second-order valence-corrected chi connectivity index (χ2v) is 7.18. The Hall–Kier alpha value is -3.33. The van der Waals surface area contributed by atoms with Crippen LogP contribution in [0.5, 0.6) is 0 Å². The van der Waals surface area contributed by atoms with Crippen molar-refractivity contribution < 1.29 is 9.53 Å². The number of nitrogens with one attached hydrogen (secondary N) is 2. The van der Waals surface area contributed by atoms with Gasteiger partial charge in [0.05, 0.1) is 11.8 Å². The van der Waals surface area contributed by atoms with Gasteiger partial charge in [0.25, 0.3) is 0 Å². The predicted octanol–water partition coefficient (Wildman–Crippen LogP) is 4.41. The molecule has 0 spiro atoms. The Balaban J connectivity index is 1.58. The minimum Gasteiger partial charge on any atom is -0.457 e. The van der Waals surface area contributed by atoms with Crippen LogP contribution in [-0.2, 0) is 11.3 Å². The summed E-state index contributed by atoms with van der Waals surface area (Å²) in [5, 5.41) is 13.6. The Bertz CT molecular complexity index is 1010. The van der Waals surface area contributed by atoms with Crippen molar-refractivity contribution in [3.63, 3.8) is 0 Å². The van der Waals surface area contributed by atoms with Gasteiger partial charge in [0.1, 0.15) is 17.8 Å². The Morgan fingerprint density at radius 1 is 1.29 bits per heavy atom. The first-order valence-corrected chi connectivity index (χ1v) is 9.58. The standard InChI is InChI=1S/C22H22N4O2/c23-12-16-7-4-8-17(11-16)26-20-18-9-10-24-21(18)25-13-19(20)22(27)28-14-15-5-2-1-3-6-15/h1-3,5-6,9-10,13,16-17H,4,7-8,11,14H2,(H2,24,25,26)/t16-,17-/m1/s1. The minimum atomic E-state index is -0.408. The van der Waals surface area contributed by atoms with Crippen LogP contribution < -0.4 is 5.32 Å². The van der Waals surface area contributed by atoms with E-state index in [2.05, 4.69) is 21.4 Å². The van der Waals surface area contributed by atoms with Crippen molar-refractivity contribution in [3.05, 3.63) is 59.9 Å². The second-order valence-electron chi connectivity index (χ2n) is 7.18. The monoisotopic (exact) mass is 374 g/mol. The molecule has 0 aliphatic heterocycles. The number of aromatic amines is 1. The number of carbonyl (C=O) groups is 1. The van der Waals surface area contributed by atoms with E-state index in [-0.39, 0.29) is 18.6 Å². The van der Waals surface area contributed by atoms with Crippen LogP contribution in [0.15, 0.2) is 48.8 Å². The Morgan fingerprint density at radius 3 is 2.96 bits per heavy atom. The van der Waals surface area contributed by atoms with Gasteiger partial charge >= 0.3 is 5.97 Å². The molecule has 4 rings (SSSR count). The molecule has 1 fully saturated rings. The van der Waals surface area contributed by atoms with Crippen LogP contribution in [0.25, 0.3) is 11.0 Å². The van der Waals surface area contributed by atoms with Crippen LogP contribution >= 0.6 is 0 Å². The molecule has 6 heteroatoms. The third-order valence-corrected chi connectivity index (χ3v) is 5.22. The van der Waals surface area contributed by atoms with E-state index in [1.165, 1.54) is 0 Å². The number of esters is 1. The molecular weight excluding hydrogens is 352 g/mol. The van der Waals surface area contributed by atoms with E-state index >= 15 is 0 Å². The van der Waals surface area contributed by atoms with Gasteiger partial charge in [0, 0.05) is 29.7 Å². The third kappa shape index (κ3) is 3.84. The van der Waals surface area contributed by atoms with Gasteiger partial charge in [-0.15, -0.1) is 0 Å². The zero-order valence-electron chi connectivity index (χ0n) is 15.5. The zero-order valence-corrected chi connectivity index (χ0v) is 15.5. The summed E-state index contributed by atoms with van der Waals surface area (Å²) in [7, 11) is 0. The fourth-order valence-electron chi connectivity index (χ4n) is 3.76. The summed E-state index contributed by atoms with van der Waals surface area (Å²) in [5.74, 6) is -0.349. The van der Waals surface area contributed by atoms with Crippen molar-refractivity contribution in [3.8, 4) is 6.07 Å². The number of nitrogens with zero attached hydrogens (tertiary/aromatic N) is 2. The van der Waals surface area contributed by atoms with Gasteiger partial charge < -0.3 is 15.0 Å². The molecule has 2 aromatic heterocycles. The number of nitriles is 1. The van der Waals surface area contributed by atoms with Crippen LogP contribution in [0.1, 0.15) is 41.6 Å². The molecule has 0 amide bonds. The summed E-state index contributed by atoms with van der Waals surface area (Å²) in [6, 6.07) is 14.0. The van der Waals surface area contributed by atoms with E-state index in [0.717, 1.165) is 48.0 Å². The molecule has 1 aliphatic rings. The number of anilines is 1. The highest BCUT2D eigenvalue weighted by Crippen LogP contribution is 2.31. The van der Waals surface area contributed by atoms with E-state index < -0.39 is 5.97 Å². The van der Waals surface area contributed by atoms with Gasteiger partial charge in [0.2, 0.25) is 0 Å². The molecule has 0 radical (unpaired) electrons. The number of rotatable bonds is 5. The maximum atomic E-state index is 12.8. The number of hydrogen-bond acceptors (Lipinski definition) is 5. The molecule has 1 aromatic carbocycles. The highest BCUT2D eigenvalue weighted by molar-refractivity contribution is 6.04. The quantitative estimate of drug-likeness (QED) is 0.645. The molecule has 0 unspecified atom stereocenters. The van der Waals surface area contributed by atoms with Crippen LogP contribution in [0.4, 0.5) is 5.69 Å². The zero-order chi connectivity index (χ0) is 19.3. The smallest absolute Gasteiger partial charge is 0.342 e. The lowest BCUT2D eigenvalue weighted by atomic mass is 9.86. The molecule has 142 valence electrons. The number of fused-ring (bicyclic) bond motifs is 1. The summed E-state index contributed by atoms with van der Waals surface area (Å²) < 4.78 is 5.53. The van der Waals surface area contributed by atoms with Crippen molar-refractivity contribution in [1.29, 1.82) is 5.26 Å². The largest absolute Gasteiger partial charge is 0.457 e. The molecule has 3 aromatic rings. The molecule has 0 saturated heterocycles. The fraction of sp³-hybridized carbons (Fsp3) is 0.318. The van der Waals surface area contributed by atoms with E-state index in [1.807, 2.05) is 36.4 Å². The molecular formula is C22H22N4O2. The Morgan fingerprint density at radius 2 is 2.14 bits per heavy atom. The van der Waals surface area contributed by atoms with E-state index in [9.17, 15) is 10.1 Å². The van der Waals surface area contributed by atoms with Crippen LogP contribution in [0.2, 0.25) is 0 Å². The Kier molecular flexibility index (Phi) is 5.24. The van der Waals surface area contributed by atoms with Crippen molar-refractivity contribution in [2.24, 2.45) is 5.92 Å². The third-order valence-electron chi connectivity index (χ3n) is 5.22. The lowest BCUT2D eigenvalue weighted by Crippen LogP contribution is -2.28. The van der Waals surface area contributed by atoms with Gasteiger partial charge in [-0.25, -0.2) is 9.78 Å². The maximum absolute atomic E-state index is 12.8. The maximum Gasteiger partial charge on any atom is 0.342 e. The number of benzene rings is 1. The lowest BCUT2D eigenvalue weighted by Gasteiger charge is -2.27.